The summed E-state index contributed by atoms with van der Waals surface area (Å²) in [5.41, 5.74) is 4.43. The van der Waals surface area contributed by atoms with Gasteiger partial charge in [0.2, 0.25) is 6.41 Å². The first-order valence-electron chi connectivity index (χ1n) is 10.9. The third kappa shape index (κ3) is 4.06. The maximum absolute atomic E-state index is 11.0. The minimum absolute atomic E-state index is 0.486. The molecule has 0 spiro atoms. The lowest BCUT2D eigenvalue weighted by atomic mass is 10.0. The van der Waals surface area contributed by atoms with E-state index < -0.39 is 0 Å². The van der Waals surface area contributed by atoms with Crippen LogP contribution in [0.15, 0.2) is 43.0 Å². The van der Waals surface area contributed by atoms with Gasteiger partial charge in [-0.2, -0.15) is 10.4 Å². The van der Waals surface area contributed by atoms with Crippen molar-refractivity contribution >= 4 is 17.7 Å². The molecule has 1 aliphatic heterocycles. The molecule has 0 bridgehead atoms. The van der Waals surface area contributed by atoms with Gasteiger partial charge in [0, 0.05) is 62.4 Å². The van der Waals surface area contributed by atoms with E-state index >= 15 is 0 Å². The number of rotatable bonds is 7. The van der Waals surface area contributed by atoms with E-state index in [9.17, 15) is 10.1 Å². The van der Waals surface area contributed by atoms with Crippen LogP contribution in [0.1, 0.15) is 5.56 Å². The fourth-order valence-corrected chi connectivity index (χ4v) is 4.08. The Morgan fingerprint density at radius 1 is 1.15 bits per heavy atom. The summed E-state index contributed by atoms with van der Waals surface area (Å²) in [6.45, 7) is 3.99. The SMILES string of the molecule is COCCn1cc(-c2cc(-c3ccc(N4CCN(C=O)CC4)nc3)c3c(C#N)cnn3c2)nn1. The van der Waals surface area contributed by atoms with Crippen molar-refractivity contribution in [2.45, 2.75) is 6.54 Å². The van der Waals surface area contributed by atoms with E-state index in [-0.39, 0.29) is 0 Å². The minimum atomic E-state index is 0.486. The number of pyridine rings is 2. The van der Waals surface area contributed by atoms with Crippen LogP contribution in [0.4, 0.5) is 5.82 Å². The van der Waals surface area contributed by atoms with E-state index in [4.69, 9.17) is 4.74 Å². The molecular weight excluding hydrogens is 434 g/mol. The number of piperazine rings is 1. The van der Waals surface area contributed by atoms with Gasteiger partial charge in [-0.3, -0.25) is 4.79 Å². The molecule has 5 rings (SSSR count). The fraction of sp³-hybridized carbons (Fsp3) is 0.304. The second kappa shape index (κ2) is 9.29. The number of methoxy groups -OCH3 is 1. The Morgan fingerprint density at radius 2 is 2.00 bits per heavy atom. The molecule has 1 amide bonds. The Balaban J connectivity index is 1.50. The van der Waals surface area contributed by atoms with Gasteiger partial charge in [-0.15, -0.1) is 5.10 Å². The van der Waals surface area contributed by atoms with Crippen molar-refractivity contribution in [3.63, 3.8) is 0 Å². The number of carbonyl (C=O) groups is 1. The van der Waals surface area contributed by atoms with Crippen LogP contribution < -0.4 is 4.90 Å². The molecule has 0 saturated carbocycles. The van der Waals surface area contributed by atoms with Crippen molar-refractivity contribution in [1.29, 1.82) is 5.26 Å². The minimum Gasteiger partial charge on any atom is -0.383 e. The van der Waals surface area contributed by atoms with Crippen LogP contribution in [-0.4, -0.2) is 80.8 Å². The van der Waals surface area contributed by atoms with Gasteiger partial charge in [0.05, 0.1) is 36.6 Å². The van der Waals surface area contributed by atoms with Gasteiger partial charge >= 0.3 is 0 Å². The molecule has 0 aromatic carbocycles. The van der Waals surface area contributed by atoms with Crippen LogP contribution in [0.2, 0.25) is 0 Å². The largest absolute Gasteiger partial charge is 0.383 e. The van der Waals surface area contributed by atoms with Gasteiger partial charge < -0.3 is 14.5 Å². The molecule has 1 saturated heterocycles. The lowest BCUT2D eigenvalue weighted by molar-refractivity contribution is -0.118. The first-order valence-corrected chi connectivity index (χ1v) is 10.9. The van der Waals surface area contributed by atoms with E-state index in [0.717, 1.165) is 42.0 Å². The molecule has 5 heterocycles. The number of aromatic nitrogens is 6. The lowest BCUT2D eigenvalue weighted by Gasteiger charge is -2.33. The van der Waals surface area contributed by atoms with Crippen molar-refractivity contribution in [3.05, 3.63) is 48.5 Å². The third-order valence-electron chi connectivity index (χ3n) is 5.94. The number of hydrogen-bond acceptors (Lipinski definition) is 8. The van der Waals surface area contributed by atoms with Crippen LogP contribution in [0.3, 0.4) is 0 Å². The normalized spacial score (nSPS) is 13.9. The molecule has 11 heteroatoms. The van der Waals surface area contributed by atoms with Crippen molar-refractivity contribution in [3.8, 4) is 28.5 Å². The maximum atomic E-state index is 11.0. The summed E-state index contributed by atoms with van der Waals surface area (Å²) >= 11 is 0. The zero-order valence-electron chi connectivity index (χ0n) is 18.7. The first kappa shape index (κ1) is 21.5. The van der Waals surface area contributed by atoms with Gasteiger partial charge in [-0.25, -0.2) is 14.2 Å². The number of nitriles is 1. The summed E-state index contributed by atoms with van der Waals surface area (Å²) in [6, 6.07) is 8.18. The standard InChI is InChI=1S/C23H23N9O2/c1-34-9-8-31-15-21(27-28-31)18-10-20(23-19(11-24)13-26-32(23)14-18)17-2-3-22(25-12-17)30-6-4-29(16-33)5-7-30/h2-3,10,12-16H,4-9H2,1H3. The number of amides is 1. The van der Waals surface area contributed by atoms with Gasteiger partial charge in [0.1, 0.15) is 17.6 Å². The predicted octanol–water partition coefficient (Wildman–Crippen LogP) is 1.45. The number of fused-ring (bicyclic) bond motifs is 1. The number of nitrogens with zero attached hydrogens (tertiary/aromatic N) is 9. The summed E-state index contributed by atoms with van der Waals surface area (Å²) in [5, 5.41) is 22.5. The average Bonchev–Trinajstić information content (AvgIpc) is 3.54. The highest BCUT2D eigenvalue weighted by Gasteiger charge is 2.18. The lowest BCUT2D eigenvalue weighted by Crippen LogP contribution is -2.45. The molecule has 1 aliphatic rings. The van der Waals surface area contributed by atoms with Crippen molar-refractivity contribution in [1.82, 2.24) is 34.5 Å². The smallest absolute Gasteiger partial charge is 0.209 e. The second-order valence-electron chi connectivity index (χ2n) is 8.00. The molecule has 0 N–H and O–H groups in total. The molecule has 4 aromatic rings. The average molecular weight is 457 g/mol. The van der Waals surface area contributed by atoms with Gasteiger partial charge in [0.15, 0.2) is 0 Å². The molecule has 0 unspecified atom stereocenters. The molecule has 172 valence electrons. The second-order valence-corrected chi connectivity index (χ2v) is 8.00. The summed E-state index contributed by atoms with van der Waals surface area (Å²) < 4.78 is 8.54. The Labute approximate surface area is 195 Å². The van der Waals surface area contributed by atoms with E-state index in [1.54, 1.807) is 27.4 Å². The number of ether oxygens (including phenoxy) is 1. The van der Waals surface area contributed by atoms with Crippen molar-refractivity contribution in [2.75, 3.05) is 44.8 Å². The molecule has 0 atom stereocenters. The van der Waals surface area contributed by atoms with Crippen molar-refractivity contribution < 1.29 is 9.53 Å². The molecule has 34 heavy (non-hydrogen) atoms. The first-order chi connectivity index (χ1) is 16.7. The highest BCUT2D eigenvalue weighted by atomic mass is 16.5. The van der Waals surface area contributed by atoms with E-state index in [0.29, 0.717) is 43.0 Å². The maximum Gasteiger partial charge on any atom is 0.209 e. The third-order valence-corrected chi connectivity index (χ3v) is 5.94. The molecule has 4 aromatic heterocycles. The van der Waals surface area contributed by atoms with Crippen LogP contribution in [0, 0.1) is 11.3 Å². The van der Waals surface area contributed by atoms with E-state index in [1.165, 1.54) is 0 Å². The summed E-state index contributed by atoms with van der Waals surface area (Å²) in [7, 11) is 1.65. The highest BCUT2D eigenvalue weighted by molar-refractivity contribution is 5.87. The Kier molecular flexibility index (Phi) is 5.88. The zero-order valence-corrected chi connectivity index (χ0v) is 18.7. The molecule has 1 fully saturated rings. The highest BCUT2D eigenvalue weighted by Crippen LogP contribution is 2.31. The quantitative estimate of drug-likeness (QED) is 0.383. The number of hydrogen-bond donors (Lipinski definition) is 0. The molecular formula is C23H23N9O2. The molecule has 0 radical (unpaired) electrons. The van der Waals surface area contributed by atoms with E-state index in [1.807, 2.05) is 36.8 Å². The predicted molar refractivity (Wildman–Crippen MR) is 124 cm³/mol. The van der Waals surface area contributed by atoms with Crippen LogP contribution in [0.25, 0.3) is 27.9 Å². The Hall–Kier alpha value is -4.30. The molecule has 11 nitrogen and oxygen atoms in total. The topological polar surface area (TPSA) is 117 Å². The Bertz CT molecular complexity index is 1350. The zero-order chi connectivity index (χ0) is 23.5. The molecule has 0 aliphatic carbocycles. The fourth-order valence-electron chi connectivity index (χ4n) is 4.08. The van der Waals surface area contributed by atoms with Crippen LogP contribution >= 0.6 is 0 Å². The summed E-state index contributed by atoms with van der Waals surface area (Å²) in [4.78, 5) is 19.6. The number of carbonyl (C=O) groups excluding carboxylic acids is 1. The van der Waals surface area contributed by atoms with Gasteiger partial charge in [-0.05, 0) is 18.2 Å². The van der Waals surface area contributed by atoms with Crippen LogP contribution in [-0.2, 0) is 16.1 Å². The number of anilines is 1. The Morgan fingerprint density at radius 3 is 2.71 bits per heavy atom. The monoisotopic (exact) mass is 457 g/mol. The van der Waals surface area contributed by atoms with Gasteiger partial charge in [-0.1, -0.05) is 5.21 Å². The summed E-state index contributed by atoms with van der Waals surface area (Å²) in [6.07, 6.45) is 7.97. The van der Waals surface area contributed by atoms with Gasteiger partial charge in [0.25, 0.3) is 0 Å². The van der Waals surface area contributed by atoms with Crippen LogP contribution in [0.5, 0.6) is 0 Å². The van der Waals surface area contributed by atoms with E-state index in [2.05, 4.69) is 31.4 Å². The summed E-state index contributed by atoms with van der Waals surface area (Å²) in [5.74, 6) is 0.858. The van der Waals surface area contributed by atoms with Crippen molar-refractivity contribution in [2.24, 2.45) is 0 Å².